The van der Waals surface area contributed by atoms with Gasteiger partial charge in [0.1, 0.15) is 36.6 Å². The van der Waals surface area contributed by atoms with Crippen LogP contribution in [0.2, 0.25) is 0 Å². The minimum absolute atomic E-state index is 0.117. The van der Waals surface area contributed by atoms with Gasteiger partial charge in [0.05, 0.1) is 19.3 Å². The van der Waals surface area contributed by atoms with Crippen LogP contribution in [-0.2, 0) is 14.2 Å². The molecule has 2 saturated heterocycles. The van der Waals surface area contributed by atoms with Crippen LogP contribution in [0.25, 0.3) is 0 Å². The average Bonchev–Trinajstić information content (AvgIpc) is 2.49. The van der Waals surface area contributed by atoms with E-state index in [0.29, 0.717) is 0 Å². The first-order valence-corrected chi connectivity index (χ1v) is 6.97. The molecule has 0 aromatic carbocycles. The Kier molecular flexibility index (Phi) is 6.07. The fourth-order valence-electron chi connectivity index (χ4n) is 2.54. The smallest absolute Gasteiger partial charge is 0.184 e. The molecule has 2 fully saturated rings. The first kappa shape index (κ1) is 17.9. The number of aliphatic hydroxyl groups is 7. The van der Waals surface area contributed by atoms with E-state index in [4.69, 9.17) is 19.3 Å². The predicted molar refractivity (Wildman–Crippen MR) is 67.2 cm³/mol. The van der Waals surface area contributed by atoms with E-state index in [1.54, 1.807) is 0 Å². The molecular weight excluding hydrogens is 304 g/mol. The van der Waals surface area contributed by atoms with Gasteiger partial charge in [0.2, 0.25) is 0 Å². The van der Waals surface area contributed by atoms with Crippen LogP contribution in [-0.4, -0.2) is 104 Å². The molecule has 0 amide bonds. The molecular formula is C12H22O10. The highest BCUT2D eigenvalue weighted by atomic mass is 16.7. The van der Waals surface area contributed by atoms with Crippen molar-refractivity contribution >= 4 is 0 Å². The summed E-state index contributed by atoms with van der Waals surface area (Å²) in [6.07, 6.45) is -12.1. The lowest BCUT2D eigenvalue weighted by Gasteiger charge is -2.44. The van der Waals surface area contributed by atoms with Crippen molar-refractivity contribution in [1.82, 2.24) is 0 Å². The molecule has 2 aliphatic rings. The molecule has 2 aliphatic heterocycles. The van der Waals surface area contributed by atoms with Crippen molar-refractivity contribution in [2.24, 2.45) is 0 Å². The van der Waals surface area contributed by atoms with Crippen molar-refractivity contribution in [3.05, 3.63) is 0 Å². The van der Waals surface area contributed by atoms with Gasteiger partial charge < -0.3 is 50.0 Å². The molecule has 2 heterocycles. The number of hydrogen-bond donors (Lipinski definition) is 7. The molecule has 7 N–H and O–H groups in total. The molecule has 0 aliphatic carbocycles. The van der Waals surface area contributed by atoms with E-state index in [9.17, 15) is 30.6 Å². The number of rotatable bonds is 4. The molecule has 0 aromatic rings. The highest BCUT2D eigenvalue weighted by molar-refractivity contribution is 4.91. The second-order valence-corrected chi connectivity index (χ2v) is 5.43. The van der Waals surface area contributed by atoms with Crippen molar-refractivity contribution in [3.63, 3.8) is 0 Å². The van der Waals surface area contributed by atoms with Crippen molar-refractivity contribution in [2.75, 3.05) is 13.2 Å². The van der Waals surface area contributed by atoms with Gasteiger partial charge in [-0.2, -0.15) is 0 Å². The largest absolute Gasteiger partial charge is 0.394 e. The Morgan fingerprint density at radius 3 is 2.05 bits per heavy atom. The Morgan fingerprint density at radius 1 is 0.818 bits per heavy atom. The van der Waals surface area contributed by atoms with Crippen molar-refractivity contribution in [2.45, 2.75) is 61.7 Å². The fraction of sp³-hybridized carbons (Fsp3) is 1.00. The van der Waals surface area contributed by atoms with Crippen molar-refractivity contribution < 1.29 is 50.0 Å². The van der Waals surface area contributed by atoms with Crippen LogP contribution < -0.4 is 0 Å². The van der Waals surface area contributed by atoms with Crippen LogP contribution in [0.5, 0.6) is 0 Å². The summed E-state index contributed by atoms with van der Waals surface area (Å²) in [5, 5.41) is 66.7. The third-order valence-corrected chi connectivity index (χ3v) is 3.85. The lowest BCUT2D eigenvalue weighted by molar-refractivity contribution is -0.343. The summed E-state index contributed by atoms with van der Waals surface area (Å²) in [5.74, 6) is 0. The molecule has 22 heavy (non-hydrogen) atoms. The number of hydrogen-bond acceptors (Lipinski definition) is 10. The van der Waals surface area contributed by atoms with E-state index in [-0.39, 0.29) is 6.42 Å². The van der Waals surface area contributed by atoms with Crippen LogP contribution in [0, 0.1) is 0 Å². The van der Waals surface area contributed by atoms with E-state index < -0.39 is 68.5 Å². The molecule has 10 heteroatoms. The van der Waals surface area contributed by atoms with Crippen LogP contribution in [0.4, 0.5) is 0 Å². The zero-order valence-electron chi connectivity index (χ0n) is 11.7. The minimum atomic E-state index is -1.68. The summed E-state index contributed by atoms with van der Waals surface area (Å²) in [6.45, 7) is -1.11. The quantitative estimate of drug-likeness (QED) is 0.268. The van der Waals surface area contributed by atoms with Gasteiger partial charge in [-0.1, -0.05) is 0 Å². The number of aliphatic hydroxyl groups excluding tert-OH is 7. The van der Waals surface area contributed by atoms with Crippen molar-refractivity contribution in [1.29, 1.82) is 0 Å². The topological polar surface area (TPSA) is 169 Å². The molecule has 0 radical (unpaired) electrons. The second kappa shape index (κ2) is 7.45. The monoisotopic (exact) mass is 326 g/mol. The zero-order valence-corrected chi connectivity index (χ0v) is 11.7. The van der Waals surface area contributed by atoms with Crippen LogP contribution in [0.3, 0.4) is 0 Å². The highest BCUT2D eigenvalue weighted by Crippen LogP contribution is 2.28. The highest BCUT2D eigenvalue weighted by Gasteiger charge is 2.47. The summed E-state index contributed by atoms with van der Waals surface area (Å²) in [7, 11) is 0. The van der Waals surface area contributed by atoms with Crippen LogP contribution in [0.1, 0.15) is 6.42 Å². The van der Waals surface area contributed by atoms with Gasteiger partial charge in [-0.15, -0.1) is 0 Å². The first-order chi connectivity index (χ1) is 10.4. The molecule has 9 atom stereocenters. The molecule has 1 unspecified atom stereocenters. The third kappa shape index (κ3) is 3.57. The SMILES string of the molecule is OC[C@H]1OC(O)[C@H](O)[C@@H](O)[C@@H]1O[C@@H]1O[C@H](CO)[C@H](O)C[C@H]1O. The van der Waals surface area contributed by atoms with Gasteiger partial charge >= 0.3 is 0 Å². The van der Waals surface area contributed by atoms with Gasteiger partial charge in [-0.05, 0) is 0 Å². The van der Waals surface area contributed by atoms with E-state index in [1.165, 1.54) is 0 Å². The van der Waals surface area contributed by atoms with Crippen molar-refractivity contribution in [3.8, 4) is 0 Å². The lowest BCUT2D eigenvalue weighted by atomic mass is 9.98. The van der Waals surface area contributed by atoms with Gasteiger partial charge in [-0.25, -0.2) is 0 Å². The van der Waals surface area contributed by atoms with E-state index in [1.807, 2.05) is 0 Å². The summed E-state index contributed by atoms with van der Waals surface area (Å²) >= 11 is 0. The lowest BCUT2D eigenvalue weighted by Crippen LogP contribution is -2.62. The summed E-state index contributed by atoms with van der Waals surface area (Å²) in [4.78, 5) is 0. The molecule has 130 valence electrons. The third-order valence-electron chi connectivity index (χ3n) is 3.85. The minimum Gasteiger partial charge on any atom is -0.394 e. The fourth-order valence-corrected chi connectivity index (χ4v) is 2.54. The maximum Gasteiger partial charge on any atom is 0.184 e. The van der Waals surface area contributed by atoms with Gasteiger partial charge in [0.15, 0.2) is 12.6 Å². The zero-order chi connectivity index (χ0) is 16.4. The summed E-state index contributed by atoms with van der Waals surface area (Å²) < 4.78 is 15.5. The maximum absolute atomic E-state index is 9.94. The molecule has 0 spiro atoms. The van der Waals surface area contributed by atoms with Crippen LogP contribution >= 0.6 is 0 Å². The Morgan fingerprint density at radius 2 is 1.45 bits per heavy atom. The summed E-state index contributed by atoms with van der Waals surface area (Å²) in [5.41, 5.74) is 0. The van der Waals surface area contributed by atoms with E-state index in [2.05, 4.69) is 0 Å². The van der Waals surface area contributed by atoms with Gasteiger partial charge in [-0.3, -0.25) is 0 Å². The Balaban J connectivity index is 2.06. The van der Waals surface area contributed by atoms with E-state index >= 15 is 0 Å². The van der Waals surface area contributed by atoms with Crippen LogP contribution in [0.15, 0.2) is 0 Å². The second-order valence-electron chi connectivity index (χ2n) is 5.43. The summed E-state index contributed by atoms with van der Waals surface area (Å²) in [6, 6.07) is 0. The molecule has 10 nitrogen and oxygen atoms in total. The average molecular weight is 326 g/mol. The first-order valence-electron chi connectivity index (χ1n) is 6.97. The van der Waals surface area contributed by atoms with Gasteiger partial charge in [0.25, 0.3) is 0 Å². The Hall–Kier alpha value is -0.400. The number of ether oxygens (including phenoxy) is 3. The maximum atomic E-state index is 9.94. The molecule has 0 aromatic heterocycles. The molecule has 0 bridgehead atoms. The van der Waals surface area contributed by atoms with E-state index in [0.717, 1.165) is 0 Å². The standard InChI is InChI=1S/C12H22O10/c13-2-6-4(15)1-5(16)12(21-6)22-10-7(3-14)20-11(19)9(18)8(10)17/h4-19H,1-3H2/t4-,5-,6-,7-,8-,9-,10-,11?,12+/m1/s1. The Labute approximate surface area is 126 Å². The van der Waals surface area contributed by atoms with Gasteiger partial charge in [0, 0.05) is 6.42 Å². The normalized spacial score (nSPS) is 50.0. The molecule has 0 saturated carbocycles. The predicted octanol–water partition coefficient (Wildman–Crippen LogP) is -4.37. The Bertz CT molecular complexity index is 353. The molecule has 2 rings (SSSR count).